The van der Waals surface area contributed by atoms with E-state index in [9.17, 15) is 4.79 Å². The lowest BCUT2D eigenvalue weighted by molar-refractivity contribution is 0.0573. The van der Waals surface area contributed by atoms with Crippen molar-refractivity contribution < 1.29 is 4.79 Å². The van der Waals surface area contributed by atoms with Crippen LogP contribution in [0.3, 0.4) is 0 Å². The van der Waals surface area contributed by atoms with E-state index in [0.29, 0.717) is 0 Å². The minimum absolute atomic E-state index is 0.202. The van der Waals surface area contributed by atoms with Gasteiger partial charge in [-0.1, -0.05) is 30.0 Å². The molecular formula is C18H26N2O. The first-order valence-corrected chi connectivity index (χ1v) is 8.25. The molecule has 3 heteroatoms. The molecule has 2 fully saturated rings. The average molecular weight is 286 g/mol. The molecule has 1 amide bonds. The molecule has 0 radical (unpaired) electrons. The molecule has 0 atom stereocenters. The average Bonchev–Trinajstić information content (AvgIpc) is 3.00. The highest BCUT2D eigenvalue weighted by Gasteiger charge is 2.28. The lowest BCUT2D eigenvalue weighted by Gasteiger charge is -2.38. The quantitative estimate of drug-likeness (QED) is 0.834. The van der Waals surface area contributed by atoms with E-state index in [-0.39, 0.29) is 5.91 Å². The van der Waals surface area contributed by atoms with Crippen molar-refractivity contribution in [3.63, 3.8) is 0 Å². The van der Waals surface area contributed by atoms with Crippen LogP contribution in [0.15, 0.2) is 18.2 Å². The normalized spacial score (nSPS) is 21.0. The second kappa shape index (κ2) is 6.18. The van der Waals surface area contributed by atoms with E-state index in [2.05, 4.69) is 24.8 Å². The number of nitrogens with zero attached hydrogens (tertiary/aromatic N) is 2. The number of carbonyl (C=O) groups excluding carboxylic acids is 1. The van der Waals surface area contributed by atoms with Crippen molar-refractivity contribution in [2.45, 2.75) is 45.6 Å². The van der Waals surface area contributed by atoms with Crippen molar-refractivity contribution in [2.75, 3.05) is 26.2 Å². The molecule has 0 aromatic heterocycles. The first kappa shape index (κ1) is 14.6. The zero-order valence-corrected chi connectivity index (χ0v) is 13.3. The Labute approximate surface area is 127 Å². The van der Waals surface area contributed by atoms with E-state index in [0.717, 1.165) is 37.8 Å². The van der Waals surface area contributed by atoms with Gasteiger partial charge in [-0.15, -0.1) is 0 Å². The topological polar surface area (TPSA) is 23.6 Å². The van der Waals surface area contributed by atoms with E-state index in [4.69, 9.17) is 0 Å². The fourth-order valence-corrected chi connectivity index (χ4v) is 3.84. The predicted octanol–water partition coefficient (Wildman–Crippen LogP) is 3.00. The number of carbonyl (C=O) groups is 1. The molecule has 114 valence electrons. The third kappa shape index (κ3) is 3.29. The lowest BCUT2D eigenvalue weighted by Crippen LogP contribution is -2.51. The van der Waals surface area contributed by atoms with E-state index >= 15 is 0 Å². The van der Waals surface area contributed by atoms with Crippen LogP contribution in [0.1, 0.15) is 47.2 Å². The number of hydrogen-bond acceptors (Lipinski definition) is 2. The maximum Gasteiger partial charge on any atom is 0.253 e. The van der Waals surface area contributed by atoms with Crippen molar-refractivity contribution in [2.24, 2.45) is 0 Å². The number of benzene rings is 1. The third-order valence-electron chi connectivity index (χ3n) is 4.91. The first-order chi connectivity index (χ1) is 10.1. The van der Waals surface area contributed by atoms with Crippen molar-refractivity contribution in [1.29, 1.82) is 0 Å². The summed E-state index contributed by atoms with van der Waals surface area (Å²) in [5, 5.41) is 0. The fourth-order valence-electron chi connectivity index (χ4n) is 3.84. The molecule has 1 saturated heterocycles. The van der Waals surface area contributed by atoms with Gasteiger partial charge in [-0.2, -0.15) is 0 Å². The summed E-state index contributed by atoms with van der Waals surface area (Å²) in [6, 6.07) is 6.93. The zero-order valence-electron chi connectivity index (χ0n) is 13.3. The van der Waals surface area contributed by atoms with E-state index in [1.807, 2.05) is 17.0 Å². The van der Waals surface area contributed by atoms with Gasteiger partial charge in [-0.25, -0.2) is 0 Å². The van der Waals surface area contributed by atoms with Crippen LogP contribution in [0.4, 0.5) is 0 Å². The summed E-state index contributed by atoms with van der Waals surface area (Å²) >= 11 is 0. The fraction of sp³-hybridized carbons (Fsp3) is 0.611. The molecule has 3 rings (SSSR count). The first-order valence-electron chi connectivity index (χ1n) is 8.25. The molecule has 0 bridgehead atoms. The van der Waals surface area contributed by atoms with Gasteiger partial charge in [0.15, 0.2) is 0 Å². The molecule has 0 unspecified atom stereocenters. The molecule has 1 aromatic carbocycles. The highest BCUT2D eigenvalue weighted by molar-refractivity contribution is 5.94. The van der Waals surface area contributed by atoms with Crippen LogP contribution in [0.2, 0.25) is 0 Å². The van der Waals surface area contributed by atoms with Crippen molar-refractivity contribution in [3.8, 4) is 0 Å². The summed E-state index contributed by atoms with van der Waals surface area (Å²) in [6.07, 6.45) is 5.47. The van der Waals surface area contributed by atoms with Crippen molar-refractivity contribution in [3.05, 3.63) is 34.9 Å². The smallest absolute Gasteiger partial charge is 0.253 e. The molecule has 3 nitrogen and oxygen atoms in total. The van der Waals surface area contributed by atoms with Gasteiger partial charge in [0.25, 0.3) is 5.91 Å². The minimum Gasteiger partial charge on any atom is -0.336 e. The monoisotopic (exact) mass is 286 g/mol. The molecule has 0 spiro atoms. The SMILES string of the molecule is Cc1cc(C)cc(C(=O)N2CCN(C3CCCC3)CC2)c1. The summed E-state index contributed by atoms with van der Waals surface area (Å²) < 4.78 is 0. The van der Waals surface area contributed by atoms with Crippen LogP contribution >= 0.6 is 0 Å². The maximum atomic E-state index is 12.6. The van der Waals surface area contributed by atoms with Gasteiger partial charge in [0.05, 0.1) is 0 Å². The van der Waals surface area contributed by atoms with Gasteiger partial charge in [0, 0.05) is 37.8 Å². The van der Waals surface area contributed by atoms with E-state index in [1.54, 1.807) is 0 Å². The number of hydrogen-bond donors (Lipinski definition) is 0. The van der Waals surface area contributed by atoms with Crippen LogP contribution in [0.25, 0.3) is 0 Å². The Morgan fingerprint density at radius 1 is 0.952 bits per heavy atom. The Hall–Kier alpha value is -1.35. The maximum absolute atomic E-state index is 12.6. The number of rotatable bonds is 2. The van der Waals surface area contributed by atoms with Gasteiger partial charge in [-0.3, -0.25) is 9.69 Å². The summed E-state index contributed by atoms with van der Waals surface area (Å²) in [6.45, 7) is 7.96. The Morgan fingerprint density at radius 2 is 1.52 bits per heavy atom. The van der Waals surface area contributed by atoms with Gasteiger partial charge in [0.1, 0.15) is 0 Å². The lowest BCUT2D eigenvalue weighted by atomic mass is 10.1. The molecule has 21 heavy (non-hydrogen) atoms. The molecule has 1 aliphatic carbocycles. The Balaban J connectivity index is 1.62. The minimum atomic E-state index is 0.202. The van der Waals surface area contributed by atoms with Crippen LogP contribution in [-0.2, 0) is 0 Å². The van der Waals surface area contributed by atoms with E-state index in [1.165, 1.54) is 36.8 Å². The van der Waals surface area contributed by atoms with Crippen LogP contribution in [0.5, 0.6) is 0 Å². The summed E-state index contributed by atoms with van der Waals surface area (Å²) in [4.78, 5) is 17.3. The molecule has 1 saturated carbocycles. The largest absolute Gasteiger partial charge is 0.336 e. The summed E-state index contributed by atoms with van der Waals surface area (Å²) in [7, 11) is 0. The van der Waals surface area contributed by atoms with Crippen molar-refractivity contribution >= 4 is 5.91 Å². The Kier molecular flexibility index (Phi) is 4.29. The van der Waals surface area contributed by atoms with Crippen LogP contribution in [-0.4, -0.2) is 47.9 Å². The molecular weight excluding hydrogens is 260 g/mol. The Bertz CT molecular complexity index is 492. The van der Waals surface area contributed by atoms with Gasteiger partial charge >= 0.3 is 0 Å². The number of amides is 1. The highest BCUT2D eigenvalue weighted by atomic mass is 16.2. The van der Waals surface area contributed by atoms with Gasteiger partial charge in [-0.05, 0) is 38.8 Å². The van der Waals surface area contributed by atoms with Crippen LogP contribution < -0.4 is 0 Å². The van der Waals surface area contributed by atoms with Crippen LogP contribution in [0, 0.1) is 13.8 Å². The molecule has 1 aromatic rings. The second-order valence-corrected chi connectivity index (χ2v) is 6.64. The molecule has 0 N–H and O–H groups in total. The second-order valence-electron chi connectivity index (χ2n) is 6.64. The highest BCUT2D eigenvalue weighted by Crippen LogP contribution is 2.24. The third-order valence-corrected chi connectivity index (χ3v) is 4.91. The van der Waals surface area contributed by atoms with E-state index < -0.39 is 0 Å². The summed E-state index contributed by atoms with van der Waals surface area (Å²) in [5.74, 6) is 0.202. The molecule has 1 heterocycles. The Morgan fingerprint density at radius 3 is 2.10 bits per heavy atom. The van der Waals surface area contributed by atoms with Gasteiger partial charge < -0.3 is 4.90 Å². The predicted molar refractivity (Wildman–Crippen MR) is 85.6 cm³/mol. The zero-order chi connectivity index (χ0) is 14.8. The molecule has 1 aliphatic heterocycles. The number of aryl methyl sites for hydroxylation is 2. The number of piperazine rings is 1. The van der Waals surface area contributed by atoms with Gasteiger partial charge in [0.2, 0.25) is 0 Å². The molecule has 2 aliphatic rings. The van der Waals surface area contributed by atoms with Crippen molar-refractivity contribution in [1.82, 2.24) is 9.80 Å². The summed E-state index contributed by atoms with van der Waals surface area (Å²) in [5.41, 5.74) is 3.19. The standard InChI is InChI=1S/C18H26N2O/c1-14-11-15(2)13-16(12-14)18(21)20-9-7-19(8-10-20)17-5-3-4-6-17/h11-13,17H,3-10H2,1-2H3.